The summed E-state index contributed by atoms with van der Waals surface area (Å²) in [5, 5.41) is 7.55. The zero-order valence-electron chi connectivity index (χ0n) is 10.2. The molecule has 0 amide bonds. The van der Waals surface area contributed by atoms with E-state index in [0.29, 0.717) is 10.1 Å². The Balaban J connectivity index is 2.08. The van der Waals surface area contributed by atoms with Crippen LogP contribution < -0.4 is 10.6 Å². The molecule has 98 valence electrons. The number of rotatable bonds is 2. The van der Waals surface area contributed by atoms with E-state index < -0.39 is 0 Å². The Kier molecular flexibility index (Phi) is 4.80. The Morgan fingerprint density at radius 1 is 1.11 bits per heavy atom. The smallest absolute Gasteiger partial charge is 0.175 e. The largest absolute Gasteiger partial charge is 0.332 e. The van der Waals surface area contributed by atoms with E-state index in [2.05, 4.69) is 26.6 Å². The first-order chi connectivity index (χ1) is 9.06. The number of thiocarbonyl (C=S) groups is 1. The highest BCUT2D eigenvalue weighted by Crippen LogP contribution is 2.23. The van der Waals surface area contributed by atoms with Crippen molar-refractivity contribution in [2.45, 2.75) is 6.92 Å². The van der Waals surface area contributed by atoms with Gasteiger partial charge in [0.05, 0.1) is 5.69 Å². The second kappa shape index (κ2) is 6.37. The summed E-state index contributed by atoms with van der Waals surface area (Å²) in [7, 11) is 0. The molecule has 0 heterocycles. The number of halogens is 2. The van der Waals surface area contributed by atoms with Gasteiger partial charge in [-0.1, -0.05) is 23.7 Å². The molecule has 0 saturated carbocycles. The van der Waals surface area contributed by atoms with Gasteiger partial charge in [0.2, 0.25) is 0 Å². The van der Waals surface area contributed by atoms with E-state index in [1.807, 2.05) is 49.4 Å². The average Bonchev–Trinajstić information content (AvgIpc) is 2.36. The van der Waals surface area contributed by atoms with Gasteiger partial charge in [-0.3, -0.25) is 0 Å². The van der Waals surface area contributed by atoms with Crippen LogP contribution in [0.5, 0.6) is 0 Å². The monoisotopic (exact) mass is 354 g/mol. The van der Waals surface area contributed by atoms with Gasteiger partial charge in [-0.05, 0) is 71.0 Å². The van der Waals surface area contributed by atoms with Gasteiger partial charge in [0.15, 0.2) is 5.11 Å². The highest BCUT2D eigenvalue weighted by atomic mass is 79.9. The molecule has 0 radical (unpaired) electrons. The third-order valence-corrected chi connectivity index (χ3v) is 3.69. The summed E-state index contributed by atoms with van der Waals surface area (Å²) in [6, 6.07) is 13.4. The molecule has 2 aromatic rings. The molecule has 0 saturated heterocycles. The second-order valence-corrected chi connectivity index (χ2v) is 5.72. The summed E-state index contributed by atoms with van der Waals surface area (Å²) in [4.78, 5) is 0. The highest BCUT2D eigenvalue weighted by molar-refractivity contribution is 9.10. The summed E-state index contributed by atoms with van der Waals surface area (Å²) < 4.78 is 0.965. The lowest BCUT2D eigenvalue weighted by atomic mass is 10.2. The van der Waals surface area contributed by atoms with Crippen molar-refractivity contribution >= 4 is 56.2 Å². The number of anilines is 2. The first-order valence-electron chi connectivity index (χ1n) is 5.65. The molecule has 0 bridgehead atoms. The molecule has 2 nitrogen and oxygen atoms in total. The average molecular weight is 356 g/mol. The van der Waals surface area contributed by atoms with Crippen LogP contribution in [0.15, 0.2) is 46.9 Å². The minimum absolute atomic E-state index is 0.539. The Hall–Kier alpha value is -1.10. The van der Waals surface area contributed by atoms with Crippen LogP contribution in [0.25, 0.3) is 0 Å². The van der Waals surface area contributed by atoms with Crippen LogP contribution in [0, 0.1) is 6.92 Å². The van der Waals surface area contributed by atoms with Gasteiger partial charge < -0.3 is 10.6 Å². The van der Waals surface area contributed by atoms with E-state index in [4.69, 9.17) is 23.8 Å². The molecule has 5 heteroatoms. The van der Waals surface area contributed by atoms with Gasteiger partial charge in [-0.25, -0.2) is 0 Å². The van der Waals surface area contributed by atoms with Crippen molar-refractivity contribution in [2.24, 2.45) is 0 Å². The van der Waals surface area contributed by atoms with Crippen LogP contribution in [0.2, 0.25) is 5.02 Å². The van der Waals surface area contributed by atoms with Crippen molar-refractivity contribution in [3.8, 4) is 0 Å². The van der Waals surface area contributed by atoms with Gasteiger partial charge in [0.1, 0.15) is 0 Å². The van der Waals surface area contributed by atoms with Crippen LogP contribution in [0.3, 0.4) is 0 Å². The topological polar surface area (TPSA) is 24.1 Å². The van der Waals surface area contributed by atoms with Gasteiger partial charge in [-0.15, -0.1) is 0 Å². The molecule has 2 N–H and O–H groups in total. The number of benzene rings is 2. The summed E-state index contributed by atoms with van der Waals surface area (Å²) in [6.07, 6.45) is 0. The molecule has 0 unspecified atom stereocenters. The van der Waals surface area contributed by atoms with Gasteiger partial charge >= 0.3 is 0 Å². The molecule has 0 aliphatic carbocycles. The fraction of sp³-hybridized carbons (Fsp3) is 0.0714. The molecular formula is C14H12BrClN2S. The summed E-state index contributed by atoms with van der Waals surface area (Å²) in [5.41, 5.74) is 2.91. The zero-order chi connectivity index (χ0) is 13.8. The first kappa shape index (κ1) is 14.3. The number of hydrogen-bond donors (Lipinski definition) is 2. The van der Waals surface area contributed by atoms with Crippen molar-refractivity contribution in [3.05, 3.63) is 57.5 Å². The minimum atomic E-state index is 0.539. The molecular weight excluding hydrogens is 344 g/mol. The van der Waals surface area contributed by atoms with Crippen LogP contribution in [0.4, 0.5) is 11.4 Å². The molecule has 2 aromatic carbocycles. The Morgan fingerprint density at radius 3 is 2.47 bits per heavy atom. The third-order valence-electron chi connectivity index (χ3n) is 2.56. The number of para-hydroxylation sites is 1. The summed E-state index contributed by atoms with van der Waals surface area (Å²) in [5.74, 6) is 0. The lowest BCUT2D eigenvalue weighted by Gasteiger charge is -2.13. The van der Waals surface area contributed by atoms with E-state index in [-0.39, 0.29) is 0 Å². The van der Waals surface area contributed by atoms with E-state index in [0.717, 1.165) is 21.4 Å². The minimum Gasteiger partial charge on any atom is -0.332 e. The molecule has 0 aliphatic rings. The summed E-state index contributed by atoms with van der Waals surface area (Å²) >= 11 is 14.7. The quantitative estimate of drug-likeness (QED) is 0.722. The molecule has 0 fully saturated rings. The standard InChI is InChI=1S/C14H12BrClN2S/c1-9-8-10(16)6-7-12(9)17-14(19)18-13-5-3-2-4-11(13)15/h2-8H,1H3,(H2,17,18,19). The predicted octanol–water partition coefficient (Wildman–Crippen LogP) is 5.22. The third kappa shape index (κ3) is 3.93. The molecule has 2 rings (SSSR count). The summed E-state index contributed by atoms with van der Waals surface area (Å²) in [6.45, 7) is 1.98. The van der Waals surface area contributed by atoms with E-state index in [1.165, 1.54) is 0 Å². The highest BCUT2D eigenvalue weighted by Gasteiger charge is 2.04. The van der Waals surface area contributed by atoms with Crippen molar-refractivity contribution in [1.29, 1.82) is 0 Å². The second-order valence-electron chi connectivity index (χ2n) is 4.02. The van der Waals surface area contributed by atoms with Gasteiger partial charge in [0.25, 0.3) is 0 Å². The first-order valence-corrected chi connectivity index (χ1v) is 7.23. The predicted molar refractivity (Wildman–Crippen MR) is 90.2 cm³/mol. The zero-order valence-corrected chi connectivity index (χ0v) is 13.4. The number of aryl methyl sites for hydroxylation is 1. The van der Waals surface area contributed by atoms with Gasteiger partial charge in [0, 0.05) is 15.2 Å². The number of hydrogen-bond acceptors (Lipinski definition) is 1. The Labute approximate surface area is 131 Å². The van der Waals surface area contributed by atoms with Crippen molar-refractivity contribution in [1.82, 2.24) is 0 Å². The maximum Gasteiger partial charge on any atom is 0.175 e. The SMILES string of the molecule is Cc1cc(Cl)ccc1NC(=S)Nc1ccccc1Br. The lowest BCUT2D eigenvalue weighted by molar-refractivity contribution is 1.45. The van der Waals surface area contributed by atoms with Crippen LogP contribution in [-0.2, 0) is 0 Å². The van der Waals surface area contributed by atoms with Crippen molar-refractivity contribution < 1.29 is 0 Å². The normalized spacial score (nSPS) is 10.1. The van der Waals surface area contributed by atoms with E-state index in [9.17, 15) is 0 Å². The maximum absolute atomic E-state index is 5.92. The molecule has 0 atom stereocenters. The number of nitrogens with one attached hydrogen (secondary N) is 2. The van der Waals surface area contributed by atoms with E-state index in [1.54, 1.807) is 0 Å². The fourth-order valence-corrected chi connectivity index (χ4v) is 2.44. The lowest BCUT2D eigenvalue weighted by Crippen LogP contribution is -2.19. The van der Waals surface area contributed by atoms with Crippen LogP contribution in [-0.4, -0.2) is 5.11 Å². The molecule has 0 aliphatic heterocycles. The van der Waals surface area contributed by atoms with E-state index >= 15 is 0 Å². The molecule has 0 aromatic heterocycles. The maximum atomic E-state index is 5.92. The molecule has 19 heavy (non-hydrogen) atoms. The Bertz CT molecular complexity index is 616. The van der Waals surface area contributed by atoms with Gasteiger partial charge in [-0.2, -0.15) is 0 Å². The van der Waals surface area contributed by atoms with Crippen LogP contribution in [0.1, 0.15) is 5.56 Å². The Morgan fingerprint density at radius 2 is 1.79 bits per heavy atom. The van der Waals surface area contributed by atoms with Crippen LogP contribution >= 0.6 is 39.7 Å². The van der Waals surface area contributed by atoms with Crippen molar-refractivity contribution in [2.75, 3.05) is 10.6 Å². The van der Waals surface area contributed by atoms with Crippen molar-refractivity contribution in [3.63, 3.8) is 0 Å². The fourth-order valence-electron chi connectivity index (χ4n) is 1.61. The molecule has 0 spiro atoms.